The van der Waals surface area contributed by atoms with Gasteiger partial charge in [0.15, 0.2) is 0 Å². The van der Waals surface area contributed by atoms with Crippen molar-refractivity contribution in [1.29, 1.82) is 0 Å². The quantitative estimate of drug-likeness (QED) is 0.806. The van der Waals surface area contributed by atoms with Gasteiger partial charge < -0.3 is 16.0 Å². The topological polar surface area (TPSA) is 83.1 Å². The fourth-order valence-electron chi connectivity index (χ4n) is 2.65. The summed E-state index contributed by atoms with van der Waals surface area (Å²) in [6.07, 6.45) is 3.26. The van der Waals surface area contributed by atoms with Gasteiger partial charge in [-0.1, -0.05) is 18.2 Å². The van der Waals surface area contributed by atoms with E-state index in [1.807, 2.05) is 18.2 Å². The van der Waals surface area contributed by atoms with Gasteiger partial charge in [-0.25, -0.2) is 4.98 Å². The van der Waals surface area contributed by atoms with Crippen molar-refractivity contribution in [2.24, 2.45) is 5.92 Å². The average Bonchev–Trinajstić information content (AvgIpc) is 2.65. The van der Waals surface area contributed by atoms with Crippen molar-refractivity contribution >= 4 is 23.3 Å². The van der Waals surface area contributed by atoms with E-state index in [0.717, 1.165) is 25.9 Å². The van der Waals surface area contributed by atoms with Crippen LogP contribution in [-0.2, 0) is 4.79 Å². The van der Waals surface area contributed by atoms with Crippen LogP contribution in [0.1, 0.15) is 23.2 Å². The van der Waals surface area contributed by atoms with Crippen molar-refractivity contribution in [2.75, 3.05) is 23.7 Å². The predicted octanol–water partition coefficient (Wildman–Crippen LogP) is 2.27. The second kappa shape index (κ2) is 7.70. The fourth-order valence-corrected chi connectivity index (χ4v) is 2.65. The van der Waals surface area contributed by atoms with Gasteiger partial charge in [0.25, 0.3) is 5.91 Å². The molecule has 0 unspecified atom stereocenters. The number of carbonyl (C=O) groups excluding carboxylic acids is 2. The Morgan fingerprint density at radius 2 is 1.75 bits per heavy atom. The standard InChI is InChI=1S/C18H20N4O2/c23-17(14-8-10-19-11-9-14)21-15-6-7-16(20-12-15)22-18(24)13-4-2-1-3-5-13/h1-7,12,14,19H,8-11H2,(H,21,23)(H,20,22,24). The van der Waals surface area contributed by atoms with Crippen LogP contribution >= 0.6 is 0 Å². The molecule has 3 rings (SSSR count). The van der Waals surface area contributed by atoms with E-state index in [9.17, 15) is 9.59 Å². The third-order valence-electron chi connectivity index (χ3n) is 4.02. The number of aromatic nitrogens is 1. The van der Waals surface area contributed by atoms with Crippen LogP contribution in [0.5, 0.6) is 0 Å². The maximum atomic E-state index is 12.2. The summed E-state index contributed by atoms with van der Waals surface area (Å²) >= 11 is 0. The molecular formula is C18H20N4O2. The predicted molar refractivity (Wildman–Crippen MR) is 92.9 cm³/mol. The smallest absolute Gasteiger partial charge is 0.256 e. The number of rotatable bonds is 4. The lowest BCUT2D eigenvalue weighted by atomic mass is 9.97. The van der Waals surface area contributed by atoms with E-state index >= 15 is 0 Å². The van der Waals surface area contributed by atoms with Gasteiger partial charge in [-0.15, -0.1) is 0 Å². The van der Waals surface area contributed by atoms with Crippen molar-refractivity contribution in [2.45, 2.75) is 12.8 Å². The third-order valence-corrected chi connectivity index (χ3v) is 4.02. The average molecular weight is 324 g/mol. The lowest BCUT2D eigenvalue weighted by Crippen LogP contribution is -2.34. The zero-order chi connectivity index (χ0) is 16.8. The second-order valence-electron chi connectivity index (χ2n) is 5.77. The Morgan fingerprint density at radius 3 is 2.42 bits per heavy atom. The minimum atomic E-state index is -0.213. The summed E-state index contributed by atoms with van der Waals surface area (Å²) in [5, 5.41) is 8.85. The van der Waals surface area contributed by atoms with Crippen LogP contribution in [0.2, 0.25) is 0 Å². The van der Waals surface area contributed by atoms with Gasteiger partial charge in [0, 0.05) is 11.5 Å². The summed E-state index contributed by atoms with van der Waals surface area (Å²) in [5.41, 5.74) is 1.21. The molecular weight excluding hydrogens is 304 g/mol. The van der Waals surface area contributed by atoms with E-state index in [4.69, 9.17) is 0 Å². The second-order valence-corrected chi connectivity index (χ2v) is 5.77. The Morgan fingerprint density at radius 1 is 1.00 bits per heavy atom. The van der Waals surface area contributed by atoms with E-state index in [1.54, 1.807) is 30.5 Å². The van der Waals surface area contributed by atoms with Crippen LogP contribution < -0.4 is 16.0 Å². The Hall–Kier alpha value is -2.73. The number of carbonyl (C=O) groups is 2. The van der Waals surface area contributed by atoms with Crippen LogP contribution in [0.3, 0.4) is 0 Å². The number of anilines is 2. The number of amides is 2. The van der Waals surface area contributed by atoms with Gasteiger partial charge in [0.2, 0.25) is 5.91 Å². The first-order chi connectivity index (χ1) is 11.7. The molecule has 0 bridgehead atoms. The molecule has 0 spiro atoms. The molecule has 6 heteroatoms. The molecule has 3 N–H and O–H groups in total. The SMILES string of the molecule is O=C(Nc1ccc(NC(=O)C2CCNCC2)cn1)c1ccccc1. The highest BCUT2D eigenvalue weighted by Crippen LogP contribution is 2.16. The van der Waals surface area contributed by atoms with E-state index in [0.29, 0.717) is 17.1 Å². The van der Waals surface area contributed by atoms with Crippen LogP contribution in [0.4, 0.5) is 11.5 Å². The van der Waals surface area contributed by atoms with Crippen molar-refractivity contribution in [3.8, 4) is 0 Å². The lowest BCUT2D eigenvalue weighted by molar-refractivity contribution is -0.120. The van der Waals surface area contributed by atoms with Gasteiger partial charge in [-0.05, 0) is 50.2 Å². The van der Waals surface area contributed by atoms with Crippen LogP contribution in [-0.4, -0.2) is 29.9 Å². The Bertz CT molecular complexity index is 695. The van der Waals surface area contributed by atoms with E-state index in [1.165, 1.54) is 0 Å². The summed E-state index contributed by atoms with van der Waals surface area (Å²) in [4.78, 5) is 28.4. The Labute approximate surface area is 140 Å². The van der Waals surface area contributed by atoms with E-state index < -0.39 is 0 Å². The van der Waals surface area contributed by atoms with Crippen molar-refractivity contribution in [3.63, 3.8) is 0 Å². The molecule has 124 valence electrons. The molecule has 1 saturated heterocycles. The summed E-state index contributed by atoms with van der Waals surface area (Å²) in [6.45, 7) is 1.75. The van der Waals surface area contributed by atoms with Crippen molar-refractivity contribution in [3.05, 3.63) is 54.2 Å². The number of nitrogens with zero attached hydrogens (tertiary/aromatic N) is 1. The minimum absolute atomic E-state index is 0.0272. The number of hydrogen-bond donors (Lipinski definition) is 3. The van der Waals surface area contributed by atoms with E-state index in [-0.39, 0.29) is 17.7 Å². The van der Waals surface area contributed by atoms with Gasteiger partial charge in [0.1, 0.15) is 5.82 Å². The molecule has 0 radical (unpaired) electrons. The number of piperidine rings is 1. The van der Waals surface area contributed by atoms with Crippen molar-refractivity contribution < 1.29 is 9.59 Å². The molecule has 2 aromatic rings. The highest BCUT2D eigenvalue weighted by Gasteiger charge is 2.20. The monoisotopic (exact) mass is 324 g/mol. The lowest BCUT2D eigenvalue weighted by Gasteiger charge is -2.21. The van der Waals surface area contributed by atoms with Gasteiger partial charge >= 0.3 is 0 Å². The third kappa shape index (κ3) is 4.17. The largest absolute Gasteiger partial charge is 0.324 e. The molecule has 0 saturated carbocycles. The minimum Gasteiger partial charge on any atom is -0.324 e. The zero-order valence-corrected chi connectivity index (χ0v) is 13.3. The van der Waals surface area contributed by atoms with Gasteiger partial charge in [-0.3, -0.25) is 9.59 Å². The van der Waals surface area contributed by atoms with Gasteiger partial charge in [-0.2, -0.15) is 0 Å². The molecule has 0 atom stereocenters. The summed E-state index contributed by atoms with van der Waals surface area (Å²) in [6, 6.07) is 12.4. The fraction of sp³-hybridized carbons (Fsp3) is 0.278. The van der Waals surface area contributed by atoms with E-state index in [2.05, 4.69) is 20.9 Å². The van der Waals surface area contributed by atoms with Crippen molar-refractivity contribution in [1.82, 2.24) is 10.3 Å². The molecule has 1 aromatic carbocycles. The molecule has 1 aromatic heterocycles. The molecule has 1 fully saturated rings. The first kappa shape index (κ1) is 16.1. The summed E-state index contributed by atoms with van der Waals surface area (Å²) in [5.74, 6) is 0.307. The number of pyridine rings is 1. The highest BCUT2D eigenvalue weighted by molar-refractivity contribution is 6.03. The normalized spacial score (nSPS) is 14.8. The molecule has 1 aliphatic rings. The molecule has 0 aliphatic carbocycles. The molecule has 2 amide bonds. The number of benzene rings is 1. The number of hydrogen-bond acceptors (Lipinski definition) is 4. The summed E-state index contributed by atoms with van der Waals surface area (Å²) in [7, 11) is 0. The van der Waals surface area contributed by atoms with Crippen LogP contribution in [0, 0.1) is 5.92 Å². The zero-order valence-electron chi connectivity index (χ0n) is 13.3. The highest BCUT2D eigenvalue weighted by atomic mass is 16.2. The Kier molecular flexibility index (Phi) is 5.18. The first-order valence-electron chi connectivity index (χ1n) is 8.06. The maximum absolute atomic E-state index is 12.2. The number of nitrogens with one attached hydrogen (secondary N) is 3. The van der Waals surface area contributed by atoms with Crippen LogP contribution in [0.15, 0.2) is 48.7 Å². The Balaban J connectivity index is 1.57. The maximum Gasteiger partial charge on any atom is 0.256 e. The molecule has 2 heterocycles. The van der Waals surface area contributed by atoms with Crippen LogP contribution in [0.25, 0.3) is 0 Å². The summed E-state index contributed by atoms with van der Waals surface area (Å²) < 4.78 is 0. The molecule has 1 aliphatic heterocycles. The first-order valence-corrected chi connectivity index (χ1v) is 8.06. The molecule has 6 nitrogen and oxygen atoms in total. The molecule has 24 heavy (non-hydrogen) atoms. The van der Waals surface area contributed by atoms with Gasteiger partial charge in [0.05, 0.1) is 11.9 Å².